The van der Waals surface area contributed by atoms with Crippen LogP contribution in [0.2, 0.25) is 0 Å². The van der Waals surface area contributed by atoms with Crippen LogP contribution in [-0.2, 0) is 11.2 Å². The van der Waals surface area contributed by atoms with Crippen molar-refractivity contribution in [3.63, 3.8) is 0 Å². The normalized spacial score (nSPS) is 22.7. The van der Waals surface area contributed by atoms with Gasteiger partial charge in [0.15, 0.2) is 0 Å². The first-order chi connectivity index (χ1) is 8.20. The molecule has 1 heterocycles. The zero-order valence-corrected chi connectivity index (χ0v) is 11.5. The molecule has 0 radical (unpaired) electrons. The molecular weight excluding hydrogens is 248 g/mol. The van der Waals surface area contributed by atoms with E-state index in [9.17, 15) is 4.79 Å². The van der Waals surface area contributed by atoms with Crippen LogP contribution in [-0.4, -0.2) is 29.9 Å². The third kappa shape index (κ3) is 3.47. The highest BCUT2D eigenvalue weighted by Crippen LogP contribution is 2.22. The Hall–Kier alpha value is -1.06. The molecular formula is C14H21ClN2O. The van der Waals surface area contributed by atoms with Gasteiger partial charge in [-0.3, -0.25) is 4.79 Å². The molecule has 18 heavy (non-hydrogen) atoms. The van der Waals surface area contributed by atoms with Gasteiger partial charge in [0.2, 0.25) is 5.91 Å². The average Bonchev–Trinajstić information content (AvgIpc) is 2.72. The lowest BCUT2D eigenvalue weighted by atomic mass is 10.1. The second-order valence-electron chi connectivity index (χ2n) is 4.89. The van der Waals surface area contributed by atoms with Crippen LogP contribution in [0, 0.1) is 5.92 Å². The molecule has 1 aliphatic heterocycles. The van der Waals surface area contributed by atoms with E-state index in [1.807, 2.05) is 35.2 Å². The first-order valence-corrected chi connectivity index (χ1v) is 6.24. The third-order valence-corrected chi connectivity index (χ3v) is 3.51. The second-order valence-corrected chi connectivity index (χ2v) is 4.89. The summed E-state index contributed by atoms with van der Waals surface area (Å²) in [5, 5.41) is 0. The van der Waals surface area contributed by atoms with Gasteiger partial charge in [0, 0.05) is 12.6 Å². The van der Waals surface area contributed by atoms with Crippen LogP contribution < -0.4 is 5.73 Å². The molecule has 4 heteroatoms. The van der Waals surface area contributed by atoms with Crippen molar-refractivity contribution in [1.82, 2.24) is 4.90 Å². The van der Waals surface area contributed by atoms with Crippen LogP contribution in [0.3, 0.4) is 0 Å². The Bertz CT molecular complexity index is 383. The summed E-state index contributed by atoms with van der Waals surface area (Å²) in [5.74, 6) is 0.698. The smallest absolute Gasteiger partial charge is 0.227 e. The summed E-state index contributed by atoms with van der Waals surface area (Å²) in [5.41, 5.74) is 6.76. The Morgan fingerprint density at radius 2 is 2.06 bits per heavy atom. The number of rotatable bonds is 3. The zero-order chi connectivity index (χ0) is 12.3. The first kappa shape index (κ1) is 15.0. The van der Waals surface area contributed by atoms with Gasteiger partial charge in [0.05, 0.1) is 6.42 Å². The summed E-state index contributed by atoms with van der Waals surface area (Å²) in [6.45, 7) is 3.61. The number of amides is 1. The molecule has 2 unspecified atom stereocenters. The van der Waals surface area contributed by atoms with Gasteiger partial charge in [-0.1, -0.05) is 30.3 Å². The van der Waals surface area contributed by atoms with Crippen molar-refractivity contribution in [2.75, 3.05) is 13.1 Å². The van der Waals surface area contributed by atoms with Gasteiger partial charge in [-0.15, -0.1) is 12.4 Å². The standard InChI is InChI=1S/C14H20N2O.ClH/c1-11-7-13(9-15)10-16(11)14(17)8-12-5-3-2-4-6-12;/h2-6,11,13H,7-10,15H2,1H3;1H. The lowest BCUT2D eigenvalue weighted by Gasteiger charge is -2.21. The lowest BCUT2D eigenvalue weighted by molar-refractivity contribution is -0.131. The van der Waals surface area contributed by atoms with E-state index < -0.39 is 0 Å². The Balaban J connectivity index is 0.00000162. The van der Waals surface area contributed by atoms with Crippen molar-refractivity contribution in [1.29, 1.82) is 0 Å². The van der Waals surface area contributed by atoms with Gasteiger partial charge >= 0.3 is 0 Å². The second kappa shape index (κ2) is 6.76. The van der Waals surface area contributed by atoms with E-state index in [1.54, 1.807) is 0 Å². The van der Waals surface area contributed by atoms with Crippen molar-refractivity contribution >= 4 is 18.3 Å². The minimum atomic E-state index is 0. The SMILES string of the molecule is CC1CC(CN)CN1C(=O)Cc1ccccc1.Cl. The lowest BCUT2D eigenvalue weighted by Crippen LogP contribution is -2.35. The largest absolute Gasteiger partial charge is 0.339 e. The van der Waals surface area contributed by atoms with Gasteiger partial charge in [-0.2, -0.15) is 0 Å². The van der Waals surface area contributed by atoms with Crippen LogP contribution in [0.5, 0.6) is 0 Å². The van der Waals surface area contributed by atoms with Crippen molar-refractivity contribution < 1.29 is 4.79 Å². The fourth-order valence-electron chi connectivity index (χ4n) is 2.53. The quantitative estimate of drug-likeness (QED) is 0.909. The summed E-state index contributed by atoms with van der Waals surface area (Å²) < 4.78 is 0. The summed E-state index contributed by atoms with van der Waals surface area (Å²) in [6.07, 6.45) is 1.54. The number of nitrogens with two attached hydrogens (primary N) is 1. The van der Waals surface area contributed by atoms with Crippen LogP contribution in [0.4, 0.5) is 0 Å². The maximum absolute atomic E-state index is 12.2. The molecule has 0 saturated carbocycles. The average molecular weight is 269 g/mol. The Kier molecular flexibility index (Phi) is 5.63. The topological polar surface area (TPSA) is 46.3 Å². The Morgan fingerprint density at radius 1 is 1.39 bits per heavy atom. The van der Waals surface area contributed by atoms with Crippen LogP contribution in [0.25, 0.3) is 0 Å². The fraction of sp³-hybridized carbons (Fsp3) is 0.500. The summed E-state index contributed by atoms with van der Waals surface area (Å²) >= 11 is 0. The van der Waals surface area contributed by atoms with Gasteiger partial charge < -0.3 is 10.6 Å². The molecule has 0 aliphatic carbocycles. The monoisotopic (exact) mass is 268 g/mol. The first-order valence-electron chi connectivity index (χ1n) is 6.24. The van der Waals surface area contributed by atoms with E-state index in [1.165, 1.54) is 0 Å². The minimum Gasteiger partial charge on any atom is -0.339 e. The molecule has 0 aromatic heterocycles. The molecule has 1 fully saturated rings. The number of carbonyl (C=O) groups is 1. The molecule has 0 bridgehead atoms. The number of halogens is 1. The number of hydrogen-bond donors (Lipinski definition) is 1. The van der Waals surface area contributed by atoms with Crippen molar-refractivity contribution in [3.05, 3.63) is 35.9 Å². The molecule has 100 valence electrons. The molecule has 3 nitrogen and oxygen atoms in total. The van der Waals surface area contributed by atoms with Crippen LogP contribution in [0.1, 0.15) is 18.9 Å². The van der Waals surface area contributed by atoms with Gasteiger partial charge in [-0.25, -0.2) is 0 Å². The predicted octanol–water partition coefficient (Wildman–Crippen LogP) is 1.85. The van der Waals surface area contributed by atoms with E-state index in [0.717, 1.165) is 18.5 Å². The number of hydrogen-bond acceptors (Lipinski definition) is 2. The molecule has 1 aromatic rings. The molecule has 2 rings (SSSR count). The van der Waals surface area contributed by atoms with Gasteiger partial charge in [0.1, 0.15) is 0 Å². The molecule has 1 aromatic carbocycles. The number of nitrogens with zero attached hydrogens (tertiary/aromatic N) is 1. The molecule has 2 atom stereocenters. The van der Waals surface area contributed by atoms with E-state index in [0.29, 0.717) is 24.9 Å². The van der Waals surface area contributed by atoms with E-state index in [2.05, 4.69) is 6.92 Å². The van der Waals surface area contributed by atoms with Crippen molar-refractivity contribution in [2.45, 2.75) is 25.8 Å². The Morgan fingerprint density at radius 3 is 2.61 bits per heavy atom. The minimum absolute atomic E-state index is 0. The number of likely N-dealkylation sites (tertiary alicyclic amines) is 1. The van der Waals surface area contributed by atoms with E-state index in [4.69, 9.17) is 5.73 Å². The van der Waals surface area contributed by atoms with Gasteiger partial charge in [0.25, 0.3) is 0 Å². The summed E-state index contributed by atoms with van der Waals surface area (Å²) in [4.78, 5) is 14.1. The molecule has 1 amide bonds. The third-order valence-electron chi connectivity index (χ3n) is 3.51. The van der Waals surface area contributed by atoms with Crippen molar-refractivity contribution in [2.24, 2.45) is 11.7 Å². The van der Waals surface area contributed by atoms with Gasteiger partial charge in [-0.05, 0) is 31.4 Å². The highest BCUT2D eigenvalue weighted by Gasteiger charge is 2.31. The van der Waals surface area contributed by atoms with E-state index >= 15 is 0 Å². The molecule has 1 aliphatic rings. The molecule has 0 spiro atoms. The fourth-order valence-corrected chi connectivity index (χ4v) is 2.53. The molecule has 2 N–H and O–H groups in total. The maximum Gasteiger partial charge on any atom is 0.227 e. The summed E-state index contributed by atoms with van der Waals surface area (Å²) in [7, 11) is 0. The maximum atomic E-state index is 12.2. The Labute approximate surface area is 115 Å². The predicted molar refractivity (Wildman–Crippen MR) is 75.7 cm³/mol. The number of benzene rings is 1. The number of carbonyl (C=O) groups excluding carboxylic acids is 1. The highest BCUT2D eigenvalue weighted by molar-refractivity contribution is 5.85. The van der Waals surface area contributed by atoms with Crippen molar-refractivity contribution in [3.8, 4) is 0 Å². The summed E-state index contributed by atoms with van der Waals surface area (Å²) in [6, 6.07) is 10.2. The highest BCUT2D eigenvalue weighted by atomic mass is 35.5. The van der Waals surface area contributed by atoms with Crippen LogP contribution >= 0.6 is 12.4 Å². The molecule has 1 saturated heterocycles. The zero-order valence-electron chi connectivity index (χ0n) is 10.7. The van der Waals surface area contributed by atoms with E-state index in [-0.39, 0.29) is 18.3 Å². The van der Waals surface area contributed by atoms with Crippen LogP contribution in [0.15, 0.2) is 30.3 Å².